The lowest BCUT2D eigenvalue weighted by Crippen LogP contribution is -2.08. The second kappa shape index (κ2) is 5.76. The van der Waals surface area contributed by atoms with E-state index in [0.29, 0.717) is 5.56 Å². The first kappa shape index (κ1) is 14.9. The minimum Gasteiger partial charge on any atom is -0.465 e. The highest BCUT2D eigenvalue weighted by Gasteiger charge is 2.26. The van der Waals surface area contributed by atoms with Crippen molar-refractivity contribution in [3.05, 3.63) is 70.7 Å². The molecule has 0 radical (unpaired) electrons. The van der Waals surface area contributed by atoms with Crippen LogP contribution in [0.2, 0.25) is 0 Å². The van der Waals surface area contributed by atoms with Crippen molar-refractivity contribution in [1.82, 2.24) is 9.78 Å². The molecule has 0 bridgehead atoms. The highest BCUT2D eigenvalue weighted by molar-refractivity contribution is 9.10. The summed E-state index contributed by atoms with van der Waals surface area (Å²) in [5, 5.41) is 5.69. The average molecular weight is 381 g/mol. The Hall–Kier alpha value is -2.66. The standard InChI is InChI=1S/C19H13BrN2O2/c1-24-19(23)14-11-15(20)18-17(14)13-9-5-6-10-16(13)21-22(18)12-7-3-2-4-8-12/h2-11H,1H3. The van der Waals surface area contributed by atoms with Crippen LogP contribution in [0.4, 0.5) is 0 Å². The van der Waals surface area contributed by atoms with E-state index in [4.69, 9.17) is 9.84 Å². The Morgan fingerprint density at radius 2 is 1.79 bits per heavy atom. The molecule has 0 unspecified atom stereocenters. The van der Waals surface area contributed by atoms with Gasteiger partial charge >= 0.3 is 5.97 Å². The predicted octanol–water partition coefficient (Wildman–Crippen LogP) is 4.68. The third kappa shape index (κ3) is 2.20. The smallest absolute Gasteiger partial charge is 0.338 e. The molecule has 0 saturated heterocycles. The summed E-state index contributed by atoms with van der Waals surface area (Å²) in [4.78, 5) is 12.3. The SMILES string of the molecule is COC(=O)c1cc(Br)c2n(-c3ccccc3)nc3ccccc3c1-2. The topological polar surface area (TPSA) is 44.1 Å². The van der Waals surface area contributed by atoms with Crippen LogP contribution in [-0.4, -0.2) is 22.9 Å². The number of carbonyl (C=O) groups excluding carboxylic acids is 1. The molecular formula is C19H13BrN2O2. The van der Waals surface area contributed by atoms with Gasteiger partial charge in [-0.05, 0) is 40.2 Å². The maximum atomic E-state index is 12.3. The first-order valence-corrected chi connectivity index (χ1v) is 8.23. The van der Waals surface area contributed by atoms with Crippen LogP contribution in [0.25, 0.3) is 27.8 Å². The van der Waals surface area contributed by atoms with Crippen LogP contribution < -0.4 is 0 Å². The molecule has 0 N–H and O–H groups in total. The Morgan fingerprint density at radius 1 is 1.08 bits per heavy atom. The summed E-state index contributed by atoms with van der Waals surface area (Å²) in [6.07, 6.45) is 0. The van der Waals surface area contributed by atoms with Gasteiger partial charge in [0, 0.05) is 15.4 Å². The molecule has 2 aliphatic rings. The highest BCUT2D eigenvalue weighted by atomic mass is 79.9. The second-order valence-corrected chi connectivity index (χ2v) is 6.24. The van der Waals surface area contributed by atoms with Crippen molar-refractivity contribution in [2.75, 3.05) is 7.11 Å². The van der Waals surface area contributed by atoms with Gasteiger partial charge in [-0.2, -0.15) is 5.10 Å². The number of halogens is 1. The fourth-order valence-electron chi connectivity index (χ4n) is 2.95. The zero-order valence-corrected chi connectivity index (χ0v) is 14.4. The third-order valence-electron chi connectivity index (χ3n) is 4.00. The van der Waals surface area contributed by atoms with Crippen LogP contribution in [0.1, 0.15) is 10.4 Å². The van der Waals surface area contributed by atoms with E-state index in [1.54, 1.807) is 6.07 Å². The number of methoxy groups -OCH3 is 1. The quantitative estimate of drug-likeness (QED) is 0.474. The molecule has 1 aliphatic heterocycles. The van der Waals surface area contributed by atoms with E-state index in [0.717, 1.165) is 32.3 Å². The first-order valence-electron chi connectivity index (χ1n) is 7.44. The zero-order valence-electron chi connectivity index (χ0n) is 12.9. The van der Waals surface area contributed by atoms with Crippen LogP contribution >= 0.6 is 15.9 Å². The van der Waals surface area contributed by atoms with Crippen molar-refractivity contribution in [2.45, 2.75) is 0 Å². The van der Waals surface area contributed by atoms with Gasteiger partial charge in [-0.25, -0.2) is 9.48 Å². The lowest BCUT2D eigenvalue weighted by molar-refractivity contribution is 0.0602. The van der Waals surface area contributed by atoms with Crippen molar-refractivity contribution >= 4 is 32.8 Å². The Bertz CT molecular complexity index is 1020. The van der Waals surface area contributed by atoms with Gasteiger partial charge in [0.2, 0.25) is 0 Å². The van der Waals surface area contributed by atoms with E-state index in [-0.39, 0.29) is 5.97 Å². The molecule has 0 amide bonds. The van der Waals surface area contributed by atoms with Crippen LogP contribution in [0, 0.1) is 0 Å². The molecule has 5 heteroatoms. The van der Waals surface area contributed by atoms with Crippen molar-refractivity contribution in [1.29, 1.82) is 0 Å². The highest BCUT2D eigenvalue weighted by Crippen LogP contribution is 2.41. The Balaban J connectivity index is 2.15. The van der Waals surface area contributed by atoms with Crippen LogP contribution in [0.3, 0.4) is 0 Å². The predicted molar refractivity (Wildman–Crippen MR) is 96.7 cm³/mol. The Kier molecular flexibility index (Phi) is 3.58. The lowest BCUT2D eigenvalue weighted by atomic mass is 10.0. The first-order chi connectivity index (χ1) is 11.7. The normalized spacial score (nSPS) is 11.1. The number of hydrogen-bond acceptors (Lipinski definition) is 3. The van der Waals surface area contributed by atoms with E-state index in [1.165, 1.54) is 7.11 Å². The maximum Gasteiger partial charge on any atom is 0.338 e. The zero-order chi connectivity index (χ0) is 16.7. The molecule has 1 aliphatic carbocycles. The van der Waals surface area contributed by atoms with Crippen LogP contribution in [0.15, 0.2) is 65.1 Å². The number of esters is 1. The number of aromatic nitrogens is 2. The largest absolute Gasteiger partial charge is 0.465 e. The second-order valence-electron chi connectivity index (χ2n) is 5.39. The summed E-state index contributed by atoms with van der Waals surface area (Å²) in [5.41, 5.74) is 3.96. The van der Waals surface area contributed by atoms with Crippen molar-refractivity contribution in [2.24, 2.45) is 0 Å². The van der Waals surface area contributed by atoms with Crippen LogP contribution in [-0.2, 0) is 4.74 Å². The summed E-state index contributed by atoms with van der Waals surface area (Å²) >= 11 is 3.58. The summed E-state index contributed by atoms with van der Waals surface area (Å²) in [7, 11) is 1.39. The average Bonchev–Trinajstić information content (AvgIpc) is 2.99. The molecule has 1 heterocycles. The van der Waals surface area contributed by atoms with Crippen molar-refractivity contribution in [3.8, 4) is 16.9 Å². The molecule has 2 aromatic carbocycles. The fraction of sp³-hybridized carbons (Fsp3) is 0.0526. The van der Waals surface area contributed by atoms with Gasteiger partial charge in [0.15, 0.2) is 0 Å². The van der Waals surface area contributed by atoms with Gasteiger partial charge in [0.1, 0.15) is 0 Å². The number of hydrogen-bond donors (Lipinski definition) is 0. The van der Waals surface area contributed by atoms with Crippen molar-refractivity contribution in [3.63, 3.8) is 0 Å². The van der Waals surface area contributed by atoms with Gasteiger partial charge in [0.05, 0.1) is 29.6 Å². The summed E-state index contributed by atoms with van der Waals surface area (Å²) in [6, 6.07) is 19.4. The molecule has 0 spiro atoms. The van der Waals surface area contributed by atoms with E-state index in [9.17, 15) is 4.79 Å². The van der Waals surface area contributed by atoms with E-state index in [2.05, 4.69) is 15.9 Å². The van der Waals surface area contributed by atoms with Crippen molar-refractivity contribution < 1.29 is 9.53 Å². The molecule has 118 valence electrons. The summed E-state index contributed by atoms with van der Waals surface area (Å²) in [6.45, 7) is 0. The molecule has 4 nitrogen and oxygen atoms in total. The minimum atomic E-state index is -0.360. The van der Waals surface area contributed by atoms with Gasteiger partial charge < -0.3 is 4.74 Å². The molecule has 2 aromatic rings. The molecular weight excluding hydrogens is 368 g/mol. The van der Waals surface area contributed by atoms with Gasteiger partial charge in [-0.15, -0.1) is 0 Å². The fourth-order valence-corrected chi connectivity index (χ4v) is 3.55. The van der Waals surface area contributed by atoms with Crippen LogP contribution in [0.5, 0.6) is 0 Å². The summed E-state index contributed by atoms with van der Waals surface area (Å²) < 4.78 is 7.62. The van der Waals surface area contributed by atoms with Gasteiger partial charge in [0.25, 0.3) is 0 Å². The Labute approximate surface area is 147 Å². The monoisotopic (exact) mass is 380 g/mol. The summed E-state index contributed by atoms with van der Waals surface area (Å²) in [5.74, 6) is -0.360. The number of carbonyl (C=O) groups is 1. The molecule has 4 rings (SSSR count). The molecule has 24 heavy (non-hydrogen) atoms. The van der Waals surface area contributed by atoms with Gasteiger partial charge in [-0.1, -0.05) is 36.4 Å². The third-order valence-corrected chi connectivity index (χ3v) is 4.61. The number of fused-ring (bicyclic) bond motifs is 3. The molecule has 0 atom stereocenters. The minimum absolute atomic E-state index is 0.360. The molecule has 0 fully saturated rings. The number of rotatable bonds is 2. The number of para-hydroxylation sites is 1. The number of benzene rings is 2. The molecule has 0 aromatic heterocycles. The van der Waals surface area contributed by atoms with E-state index in [1.807, 2.05) is 59.3 Å². The van der Waals surface area contributed by atoms with E-state index >= 15 is 0 Å². The Morgan fingerprint density at radius 3 is 2.54 bits per heavy atom. The lowest BCUT2D eigenvalue weighted by Gasteiger charge is -2.16. The van der Waals surface area contributed by atoms with Gasteiger partial charge in [-0.3, -0.25) is 0 Å². The molecule has 0 saturated carbocycles. The number of ether oxygens (including phenoxy) is 1. The van der Waals surface area contributed by atoms with E-state index < -0.39 is 0 Å². The maximum absolute atomic E-state index is 12.3. The number of nitrogens with zero attached hydrogens (tertiary/aromatic N) is 2.